The van der Waals surface area contributed by atoms with Crippen LogP contribution in [0.2, 0.25) is 0 Å². The molecule has 12 heteroatoms. The summed E-state index contributed by atoms with van der Waals surface area (Å²) in [5.74, 6) is -2.66. The average molecular weight is 448 g/mol. The van der Waals surface area contributed by atoms with Crippen molar-refractivity contribution in [2.75, 3.05) is 24.5 Å². The number of nitrogens with one attached hydrogen (secondary N) is 1. The summed E-state index contributed by atoms with van der Waals surface area (Å²) in [5, 5.41) is 17.6. The molecule has 0 amide bonds. The van der Waals surface area contributed by atoms with Crippen molar-refractivity contribution in [2.24, 2.45) is 5.92 Å². The summed E-state index contributed by atoms with van der Waals surface area (Å²) in [6, 6.07) is 3.20. The van der Waals surface area contributed by atoms with Crippen LogP contribution in [-0.2, 0) is 13.0 Å². The molecule has 1 aliphatic carbocycles. The van der Waals surface area contributed by atoms with E-state index in [0.29, 0.717) is 49.1 Å². The van der Waals surface area contributed by atoms with Crippen molar-refractivity contribution in [3.05, 3.63) is 35.2 Å². The first kappa shape index (κ1) is 20.9. The number of aromatic nitrogens is 6. The van der Waals surface area contributed by atoms with E-state index in [1.165, 1.54) is 6.07 Å². The van der Waals surface area contributed by atoms with Crippen LogP contribution in [0.4, 0.5) is 18.9 Å². The smallest absolute Gasteiger partial charge is 0.251 e. The fraction of sp³-hybridized carbons (Fsp3) is 0.550. The Morgan fingerprint density at radius 3 is 2.72 bits per heavy atom. The molecular weight excluding hydrogens is 425 g/mol. The van der Waals surface area contributed by atoms with Gasteiger partial charge < -0.3 is 9.42 Å². The number of H-pyrrole nitrogens is 1. The highest BCUT2D eigenvalue weighted by Crippen LogP contribution is 2.50. The zero-order valence-corrected chi connectivity index (χ0v) is 17.7. The molecule has 3 aromatic rings. The molecule has 0 spiro atoms. The number of aryl methyl sites for hydroxylation is 1. The lowest BCUT2D eigenvalue weighted by Crippen LogP contribution is -2.51. The molecule has 170 valence electrons. The van der Waals surface area contributed by atoms with Crippen molar-refractivity contribution >= 4 is 5.69 Å². The number of alkyl halides is 2. The van der Waals surface area contributed by atoms with Gasteiger partial charge in [0, 0.05) is 38.0 Å². The van der Waals surface area contributed by atoms with Crippen LogP contribution in [0.25, 0.3) is 11.4 Å². The van der Waals surface area contributed by atoms with E-state index in [1.54, 1.807) is 13.0 Å². The molecule has 2 atom stereocenters. The molecule has 2 aliphatic rings. The third-order valence-electron chi connectivity index (χ3n) is 6.15. The summed E-state index contributed by atoms with van der Waals surface area (Å²) in [5.41, 5.74) is 1.35. The number of piperazine rings is 1. The number of hydrogen-bond donors (Lipinski definition) is 1. The van der Waals surface area contributed by atoms with Gasteiger partial charge in [-0.2, -0.15) is 10.2 Å². The quantitative estimate of drug-likeness (QED) is 0.614. The fourth-order valence-electron chi connectivity index (χ4n) is 4.31. The SMILES string of the molecule is Cc1noc(CN2CCN(c3cc(CC4CC4(F)F)cc(F)c3-c3nn[nH]n3)C[C@@H]2C)n1. The lowest BCUT2D eigenvalue weighted by Gasteiger charge is -2.41. The topological polar surface area (TPSA) is 99.9 Å². The Kier molecular flexibility index (Phi) is 5.11. The first-order chi connectivity index (χ1) is 15.3. The van der Waals surface area contributed by atoms with Gasteiger partial charge in [-0.3, -0.25) is 4.90 Å². The molecule has 2 fully saturated rings. The number of halogens is 3. The number of hydrogen-bond acceptors (Lipinski definition) is 8. The average Bonchev–Trinajstić information content (AvgIpc) is 3.14. The number of rotatable bonds is 6. The minimum atomic E-state index is -2.66. The Morgan fingerprint density at radius 2 is 2.09 bits per heavy atom. The molecule has 32 heavy (non-hydrogen) atoms. The van der Waals surface area contributed by atoms with E-state index in [9.17, 15) is 8.78 Å². The van der Waals surface area contributed by atoms with Crippen molar-refractivity contribution < 1.29 is 17.7 Å². The zero-order valence-electron chi connectivity index (χ0n) is 17.7. The number of benzene rings is 1. The van der Waals surface area contributed by atoms with Gasteiger partial charge >= 0.3 is 0 Å². The second kappa shape index (κ2) is 7.84. The summed E-state index contributed by atoms with van der Waals surface area (Å²) < 4.78 is 47.3. The van der Waals surface area contributed by atoms with Crippen LogP contribution in [0.1, 0.15) is 30.6 Å². The normalized spacial score (nSPS) is 23.0. The molecular formula is C20H23F3N8O. The largest absolute Gasteiger partial charge is 0.368 e. The minimum Gasteiger partial charge on any atom is -0.368 e. The monoisotopic (exact) mass is 448 g/mol. The first-order valence-corrected chi connectivity index (χ1v) is 10.5. The molecule has 2 aromatic heterocycles. The van der Waals surface area contributed by atoms with Crippen LogP contribution >= 0.6 is 0 Å². The molecule has 1 N–H and O–H groups in total. The number of anilines is 1. The van der Waals surface area contributed by atoms with Gasteiger partial charge in [0.05, 0.1) is 17.8 Å². The Bertz CT molecular complexity index is 1100. The van der Waals surface area contributed by atoms with E-state index in [0.717, 1.165) is 0 Å². The zero-order chi connectivity index (χ0) is 22.5. The van der Waals surface area contributed by atoms with Crippen molar-refractivity contribution in [3.63, 3.8) is 0 Å². The van der Waals surface area contributed by atoms with Gasteiger partial charge in [0.15, 0.2) is 5.82 Å². The second-order valence-corrected chi connectivity index (χ2v) is 8.57. The lowest BCUT2D eigenvalue weighted by molar-refractivity contribution is 0.0989. The van der Waals surface area contributed by atoms with Crippen LogP contribution in [0, 0.1) is 18.7 Å². The maximum atomic E-state index is 15.2. The molecule has 0 radical (unpaired) electrons. The molecule has 1 saturated carbocycles. The first-order valence-electron chi connectivity index (χ1n) is 10.5. The third-order valence-corrected chi connectivity index (χ3v) is 6.15. The molecule has 3 heterocycles. The summed E-state index contributed by atoms with van der Waals surface area (Å²) in [6.07, 6.45) is -0.0170. The van der Waals surface area contributed by atoms with E-state index in [2.05, 4.69) is 42.6 Å². The minimum absolute atomic E-state index is 0.105. The fourth-order valence-corrected chi connectivity index (χ4v) is 4.31. The molecule has 5 rings (SSSR count). The second-order valence-electron chi connectivity index (χ2n) is 8.57. The van der Waals surface area contributed by atoms with Crippen molar-refractivity contribution in [3.8, 4) is 11.4 Å². The Labute approximate surface area is 182 Å². The van der Waals surface area contributed by atoms with Gasteiger partial charge in [0.25, 0.3) is 5.92 Å². The number of aromatic amines is 1. The van der Waals surface area contributed by atoms with Gasteiger partial charge in [-0.1, -0.05) is 5.16 Å². The Hall–Kier alpha value is -3.02. The summed E-state index contributed by atoms with van der Waals surface area (Å²) >= 11 is 0. The highest BCUT2D eigenvalue weighted by molar-refractivity contribution is 5.76. The van der Waals surface area contributed by atoms with Crippen LogP contribution in [-0.4, -0.2) is 67.3 Å². The standard InChI is InChI=1S/C20H23F3N8O/c1-11-9-31(4-3-30(11)10-17-24-12(2)27-32-17)16-7-13(5-14-8-20(14,22)23)6-15(21)18(16)19-25-28-29-26-19/h6-7,11,14H,3-5,8-10H2,1-2H3,(H,25,26,28,29)/t11-,14?/m0/s1. The van der Waals surface area contributed by atoms with Gasteiger partial charge in [0.2, 0.25) is 11.7 Å². The summed E-state index contributed by atoms with van der Waals surface area (Å²) in [7, 11) is 0. The van der Waals surface area contributed by atoms with E-state index < -0.39 is 17.7 Å². The molecule has 1 aromatic carbocycles. The van der Waals surface area contributed by atoms with Crippen molar-refractivity contribution in [1.82, 2.24) is 35.7 Å². The number of nitrogens with zero attached hydrogens (tertiary/aromatic N) is 7. The Morgan fingerprint density at radius 1 is 1.28 bits per heavy atom. The van der Waals surface area contributed by atoms with Gasteiger partial charge in [-0.05, 0) is 43.2 Å². The molecule has 9 nitrogen and oxygen atoms in total. The van der Waals surface area contributed by atoms with Crippen molar-refractivity contribution in [2.45, 2.75) is 45.2 Å². The van der Waals surface area contributed by atoms with E-state index in [4.69, 9.17) is 4.52 Å². The van der Waals surface area contributed by atoms with Gasteiger partial charge in [0.1, 0.15) is 5.82 Å². The summed E-state index contributed by atoms with van der Waals surface area (Å²) in [4.78, 5) is 8.52. The number of tetrazole rings is 1. The van der Waals surface area contributed by atoms with Crippen LogP contribution in [0.3, 0.4) is 0 Å². The molecule has 0 bridgehead atoms. The molecule has 1 unspecified atom stereocenters. The molecule has 1 saturated heterocycles. The third kappa shape index (κ3) is 4.06. The van der Waals surface area contributed by atoms with Crippen LogP contribution in [0.5, 0.6) is 0 Å². The Balaban J connectivity index is 1.40. The highest BCUT2D eigenvalue weighted by atomic mass is 19.3. The van der Waals surface area contributed by atoms with Crippen LogP contribution in [0.15, 0.2) is 16.7 Å². The predicted octanol–water partition coefficient (Wildman–Crippen LogP) is 2.61. The predicted molar refractivity (Wildman–Crippen MR) is 107 cm³/mol. The van der Waals surface area contributed by atoms with Crippen LogP contribution < -0.4 is 4.90 Å². The highest BCUT2D eigenvalue weighted by Gasteiger charge is 2.56. The maximum Gasteiger partial charge on any atom is 0.251 e. The van der Waals surface area contributed by atoms with E-state index in [-0.39, 0.29) is 30.3 Å². The van der Waals surface area contributed by atoms with Crippen molar-refractivity contribution in [1.29, 1.82) is 0 Å². The van der Waals surface area contributed by atoms with Gasteiger partial charge in [-0.25, -0.2) is 13.2 Å². The lowest BCUT2D eigenvalue weighted by atomic mass is 10.0. The maximum absolute atomic E-state index is 15.2. The van der Waals surface area contributed by atoms with Gasteiger partial charge in [-0.15, -0.1) is 10.2 Å². The van der Waals surface area contributed by atoms with E-state index in [1.807, 2.05) is 4.90 Å². The van der Waals surface area contributed by atoms with E-state index >= 15 is 4.39 Å². The summed E-state index contributed by atoms with van der Waals surface area (Å²) in [6.45, 7) is 6.24. The molecule has 1 aliphatic heterocycles.